The molecule has 1 aromatic rings. The Balaban J connectivity index is 3.11. The SMILES string of the molecule is CNC(CN(C)C(C)C(C)C)(C(N)=O)c1ccccc1. The van der Waals surface area contributed by atoms with Crippen molar-refractivity contribution in [3.8, 4) is 0 Å². The zero-order valence-corrected chi connectivity index (χ0v) is 13.2. The number of nitrogens with zero attached hydrogens (tertiary/aromatic N) is 1. The zero-order chi connectivity index (χ0) is 15.3. The van der Waals surface area contributed by atoms with Gasteiger partial charge in [-0.25, -0.2) is 0 Å². The van der Waals surface area contributed by atoms with Gasteiger partial charge in [-0.1, -0.05) is 44.2 Å². The van der Waals surface area contributed by atoms with Gasteiger partial charge in [0.15, 0.2) is 0 Å². The second kappa shape index (κ2) is 6.86. The Morgan fingerprint density at radius 2 is 1.85 bits per heavy atom. The molecule has 1 aromatic carbocycles. The predicted octanol–water partition coefficient (Wildman–Crippen LogP) is 1.56. The lowest BCUT2D eigenvalue weighted by atomic mass is 9.87. The van der Waals surface area contributed by atoms with Crippen LogP contribution in [0.2, 0.25) is 0 Å². The lowest BCUT2D eigenvalue weighted by Crippen LogP contribution is -2.58. The Morgan fingerprint density at radius 1 is 1.30 bits per heavy atom. The molecule has 0 spiro atoms. The minimum atomic E-state index is -0.862. The highest BCUT2D eigenvalue weighted by molar-refractivity contribution is 5.86. The summed E-state index contributed by atoms with van der Waals surface area (Å²) < 4.78 is 0. The van der Waals surface area contributed by atoms with Crippen molar-refractivity contribution in [2.45, 2.75) is 32.4 Å². The van der Waals surface area contributed by atoms with Gasteiger partial charge in [0.05, 0.1) is 0 Å². The quantitative estimate of drug-likeness (QED) is 0.795. The lowest BCUT2D eigenvalue weighted by Gasteiger charge is -2.38. The van der Waals surface area contributed by atoms with Gasteiger partial charge in [-0.15, -0.1) is 0 Å². The highest BCUT2D eigenvalue weighted by Gasteiger charge is 2.39. The van der Waals surface area contributed by atoms with Crippen molar-refractivity contribution in [2.24, 2.45) is 11.7 Å². The van der Waals surface area contributed by atoms with Gasteiger partial charge >= 0.3 is 0 Å². The molecule has 20 heavy (non-hydrogen) atoms. The smallest absolute Gasteiger partial charge is 0.243 e. The first-order valence-corrected chi connectivity index (χ1v) is 7.09. The molecule has 0 radical (unpaired) electrons. The summed E-state index contributed by atoms with van der Waals surface area (Å²) in [5.41, 5.74) is 5.75. The molecule has 1 rings (SSSR count). The van der Waals surface area contributed by atoms with E-state index in [2.05, 4.69) is 31.0 Å². The molecule has 4 heteroatoms. The third kappa shape index (κ3) is 3.38. The molecule has 2 unspecified atom stereocenters. The van der Waals surface area contributed by atoms with Crippen molar-refractivity contribution in [2.75, 3.05) is 20.6 Å². The van der Waals surface area contributed by atoms with Crippen LogP contribution in [0.25, 0.3) is 0 Å². The van der Waals surface area contributed by atoms with Crippen molar-refractivity contribution >= 4 is 5.91 Å². The van der Waals surface area contributed by atoms with E-state index in [1.165, 1.54) is 0 Å². The van der Waals surface area contributed by atoms with Gasteiger partial charge in [0, 0.05) is 12.6 Å². The number of nitrogens with two attached hydrogens (primary N) is 1. The molecule has 0 aliphatic carbocycles. The number of carbonyl (C=O) groups is 1. The van der Waals surface area contributed by atoms with Gasteiger partial charge in [-0.05, 0) is 32.5 Å². The number of hydrogen-bond donors (Lipinski definition) is 2. The fourth-order valence-electron chi connectivity index (χ4n) is 2.41. The summed E-state index contributed by atoms with van der Waals surface area (Å²) in [6.07, 6.45) is 0. The number of benzene rings is 1. The summed E-state index contributed by atoms with van der Waals surface area (Å²) in [4.78, 5) is 14.3. The topological polar surface area (TPSA) is 58.4 Å². The van der Waals surface area contributed by atoms with Crippen LogP contribution in [0.5, 0.6) is 0 Å². The Bertz CT molecular complexity index is 433. The molecule has 0 saturated heterocycles. The van der Waals surface area contributed by atoms with E-state index in [1.807, 2.05) is 37.4 Å². The monoisotopic (exact) mass is 277 g/mol. The molecule has 0 aromatic heterocycles. The van der Waals surface area contributed by atoms with Crippen molar-refractivity contribution < 1.29 is 4.79 Å². The normalized spacial score (nSPS) is 16.1. The van der Waals surface area contributed by atoms with Crippen LogP contribution in [0.3, 0.4) is 0 Å². The summed E-state index contributed by atoms with van der Waals surface area (Å²) in [7, 11) is 3.81. The van der Waals surface area contributed by atoms with Gasteiger partial charge < -0.3 is 16.0 Å². The third-order valence-corrected chi connectivity index (χ3v) is 4.26. The summed E-state index contributed by atoms with van der Waals surface area (Å²) in [6, 6.07) is 10.0. The number of primary amides is 1. The van der Waals surface area contributed by atoms with Crippen molar-refractivity contribution in [3.63, 3.8) is 0 Å². The van der Waals surface area contributed by atoms with Crippen molar-refractivity contribution in [1.29, 1.82) is 0 Å². The summed E-state index contributed by atoms with van der Waals surface area (Å²) in [5, 5.41) is 3.14. The van der Waals surface area contributed by atoms with Crippen LogP contribution in [0.15, 0.2) is 30.3 Å². The van der Waals surface area contributed by atoms with Crippen LogP contribution in [-0.4, -0.2) is 37.5 Å². The highest BCUT2D eigenvalue weighted by Crippen LogP contribution is 2.23. The Hall–Kier alpha value is -1.39. The molecule has 1 amide bonds. The van der Waals surface area contributed by atoms with Crippen LogP contribution in [0.1, 0.15) is 26.3 Å². The number of rotatable bonds is 7. The van der Waals surface area contributed by atoms with Gasteiger partial charge in [0.2, 0.25) is 5.91 Å². The molecular formula is C16H27N3O. The van der Waals surface area contributed by atoms with E-state index >= 15 is 0 Å². The Labute approximate surface area is 122 Å². The molecule has 0 bridgehead atoms. The van der Waals surface area contributed by atoms with E-state index in [1.54, 1.807) is 7.05 Å². The molecule has 0 aliphatic rings. The van der Waals surface area contributed by atoms with E-state index in [-0.39, 0.29) is 5.91 Å². The van der Waals surface area contributed by atoms with E-state index < -0.39 is 5.54 Å². The van der Waals surface area contributed by atoms with Gasteiger partial charge in [-0.3, -0.25) is 4.79 Å². The van der Waals surface area contributed by atoms with Crippen molar-refractivity contribution in [3.05, 3.63) is 35.9 Å². The first kappa shape index (κ1) is 16.7. The molecule has 0 saturated carbocycles. The van der Waals surface area contributed by atoms with Crippen LogP contribution in [0, 0.1) is 5.92 Å². The maximum absolute atomic E-state index is 12.1. The Morgan fingerprint density at radius 3 is 2.25 bits per heavy atom. The summed E-state index contributed by atoms with van der Waals surface area (Å²) in [6.45, 7) is 7.06. The summed E-state index contributed by atoms with van der Waals surface area (Å²) in [5.74, 6) is 0.159. The van der Waals surface area contributed by atoms with Crippen LogP contribution < -0.4 is 11.1 Å². The lowest BCUT2D eigenvalue weighted by molar-refractivity contribution is -0.125. The number of hydrogen-bond acceptors (Lipinski definition) is 3. The van der Waals surface area contributed by atoms with Crippen LogP contribution >= 0.6 is 0 Å². The van der Waals surface area contributed by atoms with E-state index in [0.29, 0.717) is 18.5 Å². The third-order valence-electron chi connectivity index (χ3n) is 4.26. The first-order chi connectivity index (χ1) is 9.35. The average Bonchev–Trinajstić information content (AvgIpc) is 2.44. The predicted molar refractivity (Wildman–Crippen MR) is 83.3 cm³/mol. The van der Waals surface area contributed by atoms with E-state index in [9.17, 15) is 4.79 Å². The fourth-order valence-corrected chi connectivity index (χ4v) is 2.41. The Kier molecular flexibility index (Phi) is 5.72. The second-order valence-corrected chi connectivity index (χ2v) is 5.79. The number of likely N-dealkylation sites (N-methyl/N-ethyl adjacent to an activating group) is 2. The molecule has 0 fully saturated rings. The minimum absolute atomic E-state index is 0.353. The van der Waals surface area contributed by atoms with Crippen LogP contribution in [-0.2, 0) is 10.3 Å². The zero-order valence-electron chi connectivity index (χ0n) is 13.2. The molecule has 0 heterocycles. The molecule has 4 nitrogen and oxygen atoms in total. The number of amides is 1. The number of carbonyl (C=O) groups excluding carboxylic acids is 1. The molecular weight excluding hydrogens is 250 g/mol. The highest BCUT2D eigenvalue weighted by atomic mass is 16.1. The van der Waals surface area contributed by atoms with E-state index in [0.717, 1.165) is 5.56 Å². The second-order valence-electron chi connectivity index (χ2n) is 5.79. The summed E-state index contributed by atoms with van der Waals surface area (Å²) >= 11 is 0. The molecule has 2 atom stereocenters. The molecule has 112 valence electrons. The van der Waals surface area contributed by atoms with E-state index in [4.69, 9.17) is 5.73 Å². The van der Waals surface area contributed by atoms with Crippen LogP contribution in [0.4, 0.5) is 0 Å². The molecule has 0 aliphatic heterocycles. The van der Waals surface area contributed by atoms with Gasteiger partial charge in [0.1, 0.15) is 5.54 Å². The number of nitrogens with one attached hydrogen (secondary N) is 1. The maximum atomic E-state index is 12.1. The largest absolute Gasteiger partial charge is 0.368 e. The fraction of sp³-hybridized carbons (Fsp3) is 0.562. The first-order valence-electron chi connectivity index (χ1n) is 7.09. The van der Waals surface area contributed by atoms with Crippen molar-refractivity contribution in [1.82, 2.24) is 10.2 Å². The van der Waals surface area contributed by atoms with Gasteiger partial charge in [-0.2, -0.15) is 0 Å². The van der Waals surface area contributed by atoms with Gasteiger partial charge in [0.25, 0.3) is 0 Å². The maximum Gasteiger partial charge on any atom is 0.243 e. The minimum Gasteiger partial charge on any atom is -0.368 e. The standard InChI is InChI=1S/C16H27N3O/c1-12(2)13(3)19(5)11-16(18-4,15(17)20)14-9-7-6-8-10-14/h6-10,12-13,18H,11H2,1-5H3,(H2,17,20). The average molecular weight is 277 g/mol. The molecule has 3 N–H and O–H groups in total.